The summed E-state index contributed by atoms with van der Waals surface area (Å²) in [5, 5.41) is 2.96. The summed E-state index contributed by atoms with van der Waals surface area (Å²) in [5.41, 5.74) is 2.79. The molecule has 144 valence electrons. The van der Waals surface area contributed by atoms with Crippen LogP contribution in [-0.4, -0.2) is 10.5 Å². The van der Waals surface area contributed by atoms with Gasteiger partial charge in [0.1, 0.15) is 5.56 Å². The number of aromatic nitrogens is 1. The highest BCUT2D eigenvalue weighted by molar-refractivity contribution is 5.95. The molecule has 0 fully saturated rings. The van der Waals surface area contributed by atoms with Crippen molar-refractivity contribution >= 4 is 5.91 Å². The van der Waals surface area contributed by atoms with Crippen LogP contribution in [0.1, 0.15) is 48.7 Å². The maximum absolute atomic E-state index is 12.9. The standard InChI is InChI=1S/C24H26N2O2/c1-3-4-15-26-17-21(20-13-9-6-10-14-20)16-22(24(26)28)23(27)25-18(2)19-11-7-5-8-12-19/h5-14,16-18H,3-4,15H2,1-2H3,(H,25,27)/t18-/m1/s1. The Kier molecular flexibility index (Phi) is 6.43. The molecule has 0 unspecified atom stereocenters. The number of unbranched alkanes of at least 4 members (excludes halogenated alkanes) is 1. The quantitative estimate of drug-likeness (QED) is 0.645. The molecule has 0 aliphatic heterocycles. The minimum absolute atomic E-state index is 0.181. The van der Waals surface area contributed by atoms with Crippen molar-refractivity contribution < 1.29 is 4.79 Å². The second-order valence-corrected chi connectivity index (χ2v) is 6.97. The molecule has 3 rings (SSSR count). The third kappa shape index (κ3) is 4.58. The highest BCUT2D eigenvalue weighted by Crippen LogP contribution is 2.19. The maximum Gasteiger partial charge on any atom is 0.263 e. The summed E-state index contributed by atoms with van der Waals surface area (Å²) in [6.45, 7) is 4.61. The fourth-order valence-electron chi connectivity index (χ4n) is 3.18. The Bertz CT molecular complexity index is 978. The van der Waals surface area contributed by atoms with Gasteiger partial charge in [0.25, 0.3) is 11.5 Å². The highest BCUT2D eigenvalue weighted by atomic mass is 16.2. The van der Waals surface area contributed by atoms with Gasteiger partial charge >= 0.3 is 0 Å². The molecular formula is C24H26N2O2. The van der Waals surface area contributed by atoms with Gasteiger partial charge in [-0.1, -0.05) is 74.0 Å². The van der Waals surface area contributed by atoms with Crippen molar-refractivity contribution in [2.24, 2.45) is 0 Å². The zero-order valence-corrected chi connectivity index (χ0v) is 16.4. The number of pyridine rings is 1. The lowest BCUT2D eigenvalue weighted by molar-refractivity contribution is 0.0937. The molecule has 0 aliphatic carbocycles. The lowest BCUT2D eigenvalue weighted by atomic mass is 10.0. The summed E-state index contributed by atoms with van der Waals surface area (Å²) >= 11 is 0. The molecule has 1 aromatic heterocycles. The van der Waals surface area contributed by atoms with E-state index in [4.69, 9.17) is 0 Å². The van der Waals surface area contributed by atoms with Gasteiger partial charge in [0.2, 0.25) is 0 Å². The topological polar surface area (TPSA) is 51.1 Å². The number of hydrogen-bond donors (Lipinski definition) is 1. The fraction of sp³-hybridized carbons (Fsp3) is 0.250. The van der Waals surface area contributed by atoms with Gasteiger partial charge in [-0.2, -0.15) is 0 Å². The minimum atomic E-state index is -0.343. The van der Waals surface area contributed by atoms with Crippen LogP contribution in [0.15, 0.2) is 77.7 Å². The van der Waals surface area contributed by atoms with E-state index in [1.165, 1.54) is 0 Å². The number of aryl methyl sites for hydroxylation is 1. The molecular weight excluding hydrogens is 348 g/mol. The number of carbonyl (C=O) groups excluding carboxylic acids is 1. The van der Waals surface area contributed by atoms with E-state index in [1.54, 1.807) is 10.6 Å². The Labute approximate surface area is 165 Å². The number of hydrogen-bond acceptors (Lipinski definition) is 2. The van der Waals surface area contributed by atoms with Gasteiger partial charge in [-0.05, 0) is 36.1 Å². The molecule has 0 bridgehead atoms. The second kappa shape index (κ2) is 9.18. The highest BCUT2D eigenvalue weighted by Gasteiger charge is 2.17. The van der Waals surface area contributed by atoms with Crippen LogP contribution in [0.2, 0.25) is 0 Å². The van der Waals surface area contributed by atoms with Crippen molar-refractivity contribution in [3.05, 3.63) is 94.4 Å². The van der Waals surface area contributed by atoms with Crippen molar-refractivity contribution in [1.29, 1.82) is 0 Å². The minimum Gasteiger partial charge on any atom is -0.345 e. The van der Waals surface area contributed by atoms with Crippen molar-refractivity contribution in [3.8, 4) is 11.1 Å². The molecule has 1 heterocycles. The number of nitrogens with zero attached hydrogens (tertiary/aromatic N) is 1. The van der Waals surface area contributed by atoms with E-state index in [0.29, 0.717) is 6.54 Å². The predicted octanol–water partition coefficient (Wildman–Crippen LogP) is 4.81. The Morgan fingerprint density at radius 1 is 1.00 bits per heavy atom. The van der Waals surface area contributed by atoms with E-state index in [1.807, 2.05) is 73.8 Å². The average Bonchev–Trinajstić information content (AvgIpc) is 2.74. The van der Waals surface area contributed by atoms with Crippen LogP contribution in [0.25, 0.3) is 11.1 Å². The number of carbonyl (C=O) groups is 1. The van der Waals surface area contributed by atoms with Gasteiger partial charge in [0, 0.05) is 12.7 Å². The third-order valence-electron chi connectivity index (χ3n) is 4.84. The van der Waals surface area contributed by atoms with E-state index in [0.717, 1.165) is 29.5 Å². The molecule has 1 amide bonds. The number of amides is 1. The summed E-state index contributed by atoms with van der Waals surface area (Å²) in [4.78, 5) is 25.9. The Hall–Kier alpha value is -3.14. The first-order chi connectivity index (χ1) is 13.6. The lowest BCUT2D eigenvalue weighted by Crippen LogP contribution is -2.34. The second-order valence-electron chi connectivity index (χ2n) is 6.97. The first-order valence-corrected chi connectivity index (χ1v) is 9.76. The molecule has 1 atom stereocenters. The molecule has 0 saturated carbocycles. The summed E-state index contributed by atoms with van der Waals surface area (Å²) in [6, 6.07) is 21.1. The van der Waals surface area contributed by atoms with E-state index in [2.05, 4.69) is 12.2 Å². The van der Waals surface area contributed by atoms with E-state index in [-0.39, 0.29) is 23.1 Å². The van der Waals surface area contributed by atoms with Crippen molar-refractivity contribution in [2.75, 3.05) is 0 Å². The molecule has 0 radical (unpaired) electrons. The van der Waals surface area contributed by atoms with Crippen LogP contribution in [-0.2, 0) is 6.54 Å². The molecule has 2 aromatic carbocycles. The molecule has 1 N–H and O–H groups in total. The zero-order chi connectivity index (χ0) is 19.9. The average molecular weight is 374 g/mol. The van der Waals surface area contributed by atoms with Crippen molar-refractivity contribution in [3.63, 3.8) is 0 Å². The Morgan fingerprint density at radius 3 is 2.29 bits per heavy atom. The zero-order valence-electron chi connectivity index (χ0n) is 16.4. The van der Waals surface area contributed by atoms with Crippen molar-refractivity contribution in [1.82, 2.24) is 9.88 Å². The monoisotopic (exact) mass is 374 g/mol. The summed E-state index contributed by atoms with van der Waals surface area (Å²) < 4.78 is 1.66. The van der Waals surface area contributed by atoms with E-state index in [9.17, 15) is 9.59 Å². The first-order valence-electron chi connectivity index (χ1n) is 9.76. The fourth-order valence-corrected chi connectivity index (χ4v) is 3.18. The van der Waals surface area contributed by atoms with E-state index < -0.39 is 0 Å². The van der Waals surface area contributed by atoms with E-state index >= 15 is 0 Å². The van der Waals surface area contributed by atoms with Crippen LogP contribution >= 0.6 is 0 Å². The van der Waals surface area contributed by atoms with Gasteiger partial charge in [-0.25, -0.2) is 0 Å². The molecule has 3 aromatic rings. The largest absolute Gasteiger partial charge is 0.345 e. The van der Waals surface area contributed by atoms with Crippen LogP contribution in [0, 0.1) is 0 Å². The van der Waals surface area contributed by atoms with Gasteiger partial charge in [-0.3, -0.25) is 9.59 Å². The smallest absolute Gasteiger partial charge is 0.263 e. The Balaban J connectivity index is 1.96. The predicted molar refractivity (Wildman–Crippen MR) is 113 cm³/mol. The number of benzene rings is 2. The van der Waals surface area contributed by atoms with Crippen LogP contribution in [0.4, 0.5) is 0 Å². The summed E-state index contributed by atoms with van der Waals surface area (Å²) in [7, 11) is 0. The van der Waals surface area contributed by atoms with Gasteiger partial charge in [0.05, 0.1) is 6.04 Å². The van der Waals surface area contributed by atoms with Crippen molar-refractivity contribution in [2.45, 2.75) is 39.3 Å². The molecule has 28 heavy (non-hydrogen) atoms. The van der Waals surface area contributed by atoms with Gasteiger partial charge in [0.15, 0.2) is 0 Å². The maximum atomic E-state index is 12.9. The normalized spacial score (nSPS) is 11.8. The first kappa shape index (κ1) is 19.6. The number of nitrogens with one attached hydrogen (secondary N) is 1. The summed E-state index contributed by atoms with van der Waals surface area (Å²) in [6.07, 6.45) is 3.72. The molecule has 4 nitrogen and oxygen atoms in total. The third-order valence-corrected chi connectivity index (χ3v) is 4.84. The molecule has 4 heteroatoms. The Morgan fingerprint density at radius 2 is 1.64 bits per heavy atom. The van der Waals surface area contributed by atoms with Gasteiger partial charge < -0.3 is 9.88 Å². The SMILES string of the molecule is CCCCn1cc(-c2ccccc2)cc(C(=O)N[C@H](C)c2ccccc2)c1=O. The molecule has 0 aliphatic rings. The lowest BCUT2D eigenvalue weighted by Gasteiger charge is -2.16. The summed E-state index contributed by atoms with van der Waals surface area (Å²) in [5.74, 6) is -0.343. The van der Waals surface area contributed by atoms with Crippen LogP contribution in [0.3, 0.4) is 0 Å². The van der Waals surface area contributed by atoms with Crippen LogP contribution < -0.4 is 10.9 Å². The molecule has 0 spiro atoms. The van der Waals surface area contributed by atoms with Gasteiger partial charge in [-0.15, -0.1) is 0 Å². The molecule has 0 saturated heterocycles. The number of rotatable bonds is 7. The van der Waals surface area contributed by atoms with Crippen LogP contribution in [0.5, 0.6) is 0 Å².